The molecule has 0 aliphatic carbocycles. The largest absolute Gasteiger partial charge is 1.00 e. The molecule has 0 saturated heterocycles. The van der Waals surface area contributed by atoms with Gasteiger partial charge in [0.1, 0.15) is 15.8 Å². The number of hydrogen-bond acceptors (Lipinski definition) is 12. The maximum Gasteiger partial charge on any atom is 1.00 e. The maximum absolute atomic E-state index is 12.3. The van der Waals surface area contributed by atoms with Crippen LogP contribution in [-0.2, 0) is 34.5 Å². The van der Waals surface area contributed by atoms with Crippen LogP contribution >= 0.6 is 0 Å². The zero-order chi connectivity index (χ0) is 24.4. The molecule has 0 radical (unpaired) electrons. The van der Waals surface area contributed by atoms with E-state index in [1.165, 1.54) is 42.5 Å². The number of aromatic hydroxyl groups is 1. The molecule has 0 saturated carbocycles. The second-order valence-electron chi connectivity index (χ2n) is 6.49. The van der Waals surface area contributed by atoms with E-state index in [1.54, 1.807) is 0 Å². The van der Waals surface area contributed by atoms with Gasteiger partial charge in [-0.1, -0.05) is 24.3 Å². The number of rotatable bonds is 8. The zero-order valence-electron chi connectivity index (χ0n) is 18.4. The van der Waals surface area contributed by atoms with Gasteiger partial charge in [0.05, 0.1) is 27.8 Å². The van der Waals surface area contributed by atoms with E-state index in [9.17, 15) is 39.5 Å². The fraction of sp³-hybridized carbons (Fsp3) is 0.111. The molecular formula is C18H14N2Na2O10S3. The van der Waals surface area contributed by atoms with Crippen LogP contribution in [-0.4, -0.2) is 51.8 Å². The van der Waals surface area contributed by atoms with Gasteiger partial charge in [0, 0.05) is 10.8 Å². The minimum atomic E-state index is -5.03. The predicted octanol–water partition coefficient (Wildman–Crippen LogP) is -3.88. The molecular weight excluding hydrogens is 546 g/mol. The SMILES string of the molecule is O=S(=O)([O-])OCCS(=O)(=O)c1cccc(N=Nc2ccc3c(S(=O)(=O)[O-])cccc3c2O)c1.[Na+].[Na+]. The summed E-state index contributed by atoms with van der Waals surface area (Å²) in [6.07, 6.45) is 0. The van der Waals surface area contributed by atoms with E-state index in [-0.39, 0.29) is 86.2 Å². The molecule has 0 unspecified atom stereocenters. The van der Waals surface area contributed by atoms with Gasteiger partial charge in [0.2, 0.25) is 10.4 Å². The Morgan fingerprint density at radius 3 is 2.11 bits per heavy atom. The Kier molecular flexibility index (Phi) is 11.5. The second-order valence-corrected chi connectivity index (χ2v) is 11.0. The van der Waals surface area contributed by atoms with Gasteiger partial charge in [0.15, 0.2) is 15.6 Å². The Morgan fingerprint density at radius 1 is 0.829 bits per heavy atom. The predicted molar refractivity (Wildman–Crippen MR) is 112 cm³/mol. The Morgan fingerprint density at radius 2 is 1.49 bits per heavy atom. The Balaban J connectivity index is 0.00000306. The molecule has 35 heavy (non-hydrogen) atoms. The van der Waals surface area contributed by atoms with Crippen molar-refractivity contribution in [2.45, 2.75) is 9.79 Å². The van der Waals surface area contributed by atoms with Crippen LogP contribution in [0.5, 0.6) is 5.75 Å². The molecule has 0 spiro atoms. The number of phenolic OH excluding ortho intramolecular Hbond substituents is 1. The van der Waals surface area contributed by atoms with Gasteiger partial charge in [0.25, 0.3) is 0 Å². The maximum atomic E-state index is 12.3. The van der Waals surface area contributed by atoms with E-state index in [4.69, 9.17) is 0 Å². The number of azo groups is 1. The van der Waals surface area contributed by atoms with Crippen molar-refractivity contribution in [3.05, 3.63) is 54.6 Å². The monoisotopic (exact) mass is 560 g/mol. The molecule has 0 atom stereocenters. The molecule has 3 aromatic carbocycles. The van der Waals surface area contributed by atoms with Gasteiger partial charge < -0.3 is 14.2 Å². The first-order chi connectivity index (χ1) is 15.3. The first kappa shape index (κ1) is 32.1. The quantitative estimate of drug-likeness (QED) is 0.123. The van der Waals surface area contributed by atoms with Crippen LogP contribution in [0, 0.1) is 0 Å². The molecule has 0 bridgehead atoms. The molecule has 3 rings (SSSR count). The van der Waals surface area contributed by atoms with Crippen LogP contribution in [0.2, 0.25) is 0 Å². The first-order valence-electron chi connectivity index (χ1n) is 8.83. The molecule has 12 nitrogen and oxygen atoms in total. The second kappa shape index (κ2) is 12.5. The molecule has 0 heterocycles. The van der Waals surface area contributed by atoms with E-state index >= 15 is 0 Å². The van der Waals surface area contributed by atoms with Crippen molar-refractivity contribution in [2.24, 2.45) is 10.2 Å². The number of benzene rings is 3. The van der Waals surface area contributed by atoms with Gasteiger partial charge in [-0.2, -0.15) is 5.11 Å². The molecule has 0 aromatic heterocycles. The topological polar surface area (TPSA) is 203 Å². The van der Waals surface area contributed by atoms with Crippen LogP contribution in [0.25, 0.3) is 10.8 Å². The van der Waals surface area contributed by atoms with E-state index in [0.29, 0.717) is 0 Å². The first-order valence-corrected chi connectivity index (χ1v) is 13.2. The fourth-order valence-electron chi connectivity index (χ4n) is 2.81. The van der Waals surface area contributed by atoms with E-state index < -0.39 is 53.4 Å². The third kappa shape index (κ3) is 8.55. The molecule has 0 aliphatic heterocycles. The average Bonchev–Trinajstić information content (AvgIpc) is 2.71. The van der Waals surface area contributed by atoms with Crippen molar-refractivity contribution in [3.8, 4) is 5.75 Å². The molecule has 1 N–H and O–H groups in total. The van der Waals surface area contributed by atoms with Crippen molar-refractivity contribution in [2.75, 3.05) is 12.4 Å². The van der Waals surface area contributed by atoms with Crippen molar-refractivity contribution in [1.82, 2.24) is 0 Å². The smallest absolute Gasteiger partial charge is 0.744 e. The minimum absolute atomic E-state index is 0. The van der Waals surface area contributed by atoms with Gasteiger partial charge in [-0.25, -0.2) is 25.3 Å². The van der Waals surface area contributed by atoms with E-state index in [0.717, 1.165) is 12.1 Å². The van der Waals surface area contributed by atoms with Crippen LogP contribution in [0.4, 0.5) is 11.4 Å². The summed E-state index contributed by atoms with van der Waals surface area (Å²) >= 11 is 0. The van der Waals surface area contributed by atoms with Gasteiger partial charge >= 0.3 is 59.1 Å². The normalized spacial score (nSPS) is 12.3. The van der Waals surface area contributed by atoms with Gasteiger partial charge in [-0.3, -0.25) is 4.18 Å². The molecule has 0 fully saturated rings. The van der Waals surface area contributed by atoms with Crippen molar-refractivity contribution < 1.29 is 103 Å². The number of hydrogen-bond donors (Lipinski definition) is 1. The molecule has 17 heteroatoms. The van der Waals surface area contributed by atoms with E-state index in [2.05, 4.69) is 14.4 Å². The number of nitrogens with zero attached hydrogens (tertiary/aromatic N) is 2. The van der Waals surface area contributed by atoms with Gasteiger partial charge in [-0.15, -0.1) is 5.11 Å². The van der Waals surface area contributed by atoms with Crippen LogP contribution in [0.1, 0.15) is 0 Å². The Labute approximate surface area is 245 Å². The summed E-state index contributed by atoms with van der Waals surface area (Å²) < 4.78 is 94.0. The summed E-state index contributed by atoms with van der Waals surface area (Å²) in [7, 11) is -13.8. The standard InChI is InChI=1S/C18H16N2O10S3.2Na/c21-18-15-5-2-6-17(32(24,25)26)14(15)7-8-16(18)20-19-12-3-1-4-13(11-12)31(22,23)10-9-30-33(27,28)29;;/h1-8,11,21H,9-10H2,(H,24,25,26)(H,27,28,29);;/q;2*+1/p-2. The van der Waals surface area contributed by atoms with Crippen molar-refractivity contribution in [1.29, 1.82) is 0 Å². The number of phenols is 1. The van der Waals surface area contributed by atoms with Crippen LogP contribution < -0.4 is 59.1 Å². The van der Waals surface area contributed by atoms with Crippen LogP contribution in [0.15, 0.2) is 74.6 Å². The summed E-state index contributed by atoms with van der Waals surface area (Å²) in [5.41, 5.74) is -0.0194. The summed E-state index contributed by atoms with van der Waals surface area (Å²) in [6, 6.07) is 11.4. The van der Waals surface area contributed by atoms with Crippen LogP contribution in [0.3, 0.4) is 0 Å². The molecule has 176 valence electrons. The van der Waals surface area contributed by atoms with Gasteiger partial charge in [-0.05, 0) is 30.3 Å². The number of sulfone groups is 1. The summed E-state index contributed by atoms with van der Waals surface area (Å²) in [5, 5.41) is 18.2. The van der Waals surface area contributed by atoms with Crippen molar-refractivity contribution in [3.63, 3.8) is 0 Å². The average molecular weight is 560 g/mol. The van der Waals surface area contributed by atoms with E-state index in [1.807, 2.05) is 0 Å². The third-order valence-electron chi connectivity index (χ3n) is 4.27. The molecule has 3 aromatic rings. The minimum Gasteiger partial charge on any atom is -0.744 e. The summed E-state index contributed by atoms with van der Waals surface area (Å²) in [6.45, 7) is -0.855. The zero-order valence-corrected chi connectivity index (χ0v) is 24.8. The Bertz CT molecular complexity index is 1580. The number of fused-ring (bicyclic) bond motifs is 1. The molecule has 0 aliphatic rings. The molecule has 0 amide bonds. The summed E-state index contributed by atoms with van der Waals surface area (Å²) in [4.78, 5) is -0.746. The summed E-state index contributed by atoms with van der Waals surface area (Å²) in [5.74, 6) is -1.22. The van der Waals surface area contributed by atoms with Crippen molar-refractivity contribution >= 4 is 52.5 Å². The fourth-order valence-corrected chi connectivity index (χ4v) is 5.02. The third-order valence-corrected chi connectivity index (χ3v) is 7.30. The Hall–Kier alpha value is -0.950.